The minimum atomic E-state index is -0.205. The first-order valence-corrected chi connectivity index (χ1v) is 10.2. The second kappa shape index (κ2) is 8.59. The fourth-order valence-electron chi connectivity index (χ4n) is 2.71. The van der Waals surface area contributed by atoms with Crippen molar-refractivity contribution >= 4 is 46.2 Å². The molecule has 7 heteroatoms. The predicted octanol–water partition coefficient (Wildman–Crippen LogP) is 5.89. The summed E-state index contributed by atoms with van der Waals surface area (Å²) in [5.41, 5.74) is 1.65. The Kier molecular flexibility index (Phi) is 5.74. The highest BCUT2D eigenvalue weighted by Gasteiger charge is 2.24. The highest BCUT2D eigenvalue weighted by molar-refractivity contribution is 8.18. The first-order chi connectivity index (χ1) is 14.1. The molecule has 0 aliphatic carbocycles. The van der Waals surface area contributed by atoms with Gasteiger partial charge >= 0.3 is 0 Å². The standard InChI is InChI=1S/C22H17ClN2O3S/c1-2-27-17-9-7-16(8-10-17)24-22-25-21(26)20(29-22)13-18-11-12-19(28-18)14-3-5-15(23)6-4-14/h3-13H,2H2,1H3,(H,24,25,26)/b20-13-. The van der Waals surface area contributed by atoms with Crippen LogP contribution in [-0.4, -0.2) is 17.7 Å². The van der Waals surface area contributed by atoms with Crippen molar-refractivity contribution in [1.82, 2.24) is 5.32 Å². The number of furan rings is 1. The van der Waals surface area contributed by atoms with E-state index in [0.717, 1.165) is 17.0 Å². The van der Waals surface area contributed by atoms with E-state index in [1.807, 2.05) is 67.6 Å². The lowest BCUT2D eigenvalue weighted by atomic mass is 10.2. The van der Waals surface area contributed by atoms with Crippen molar-refractivity contribution in [1.29, 1.82) is 0 Å². The van der Waals surface area contributed by atoms with Gasteiger partial charge in [0.15, 0.2) is 5.17 Å². The van der Waals surface area contributed by atoms with E-state index in [1.165, 1.54) is 11.8 Å². The van der Waals surface area contributed by atoms with Crippen LogP contribution in [0.5, 0.6) is 5.75 Å². The third kappa shape index (κ3) is 4.72. The van der Waals surface area contributed by atoms with Crippen molar-refractivity contribution in [3.63, 3.8) is 0 Å². The number of thioether (sulfide) groups is 1. The average Bonchev–Trinajstić information content (AvgIpc) is 3.31. The SMILES string of the molecule is CCOc1ccc(N=C2NC(=O)/C(=C/c3ccc(-c4ccc(Cl)cc4)o3)S2)cc1. The van der Waals surface area contributed by atoms with Crippen LogP contribution < -0.4 is 10.1 Å². The van der Waals surface area contributed by atoms with Crippen molar-refractivity contribution < 1.29 is 13.9 Å². The van der Waals surface area contributed by atoms with Gasteiger partial charge in [-0.1, -0.05) is 11.6 Å². The molecule has 3 aromatic rings. The summed E-state index contributed by atoms with van der Waals surface area (Å²) in [6.07, 6.45) is 1.71. The summed E-state index contributed by atoms with van der Waals surface area (Å²) in [6.45, 7) is 2.55. The predicted molar refractivity (Wildman–Crippen MR) is 118 cm³/mol. The van der Waals surface area contributed by atoms with Crippen molar-refractivity contribution in [2.24, 2.45) is 4.99 Å². The highest BCUT2D eigenvalue weighted by atomic mass is 35.5. The Morgan fingerprint density at radius 1 is 1.10 bits per heavy atom. The molecular weight excluding hydrogens is 408 g/mol. The molecule has 0 bridgehead atoms. The van der Waals surface area contributed by atoms with Crippen LogP contribution in [0.3, 0.4) is 0 Å². The van der Waals surface area contributed by atoms with Crippen molar-refractivity contribution in [2.45, 2.75) is 6.92 Å². The normalized spacial score (nSPS) is 16.4. The lowest BCUT2D eigenvalue weighted by Crippen LogP contribution is -2.19. The molecule has 2 heterocycles. The zero-order valence-corrected chi connectivity index (χ0v) is 17.1. The van der Waals surface area contributed by atoms with Gasteiger partial charge in [-0.3, -0.25) is 4.79 Å². The quantitative estimate of drug-likeness (QED) is 0.518. The van der Waals surface area contributed by atoms with Crippen LogP contribution in [-0.2, 0) is 4.79 Å². The molecule has 1 N–H and O–H groups in total. The number of benzene rings is 2. The van der Waals surface area contributed by atoms with E-state index < -0.39 is 0 Å². The molecule has 1 aliphatic rings. The Morgan fingerprint density at radius 3 is 2.59 bits per heavy atom. The van der Waals surface area contributed by atoms with Gasteiger partial charge in [0, 0.05) is 16.7 Å². The van der Waals surface area contributed by atoms with Gasteiger partial charge in [-0.15, -0.1) is 0 Å². The second-order valence-corrected chi connectivity index (χ2v) is 7.58. The molecule has 0 saturated carbocycles. The van der Waals surface area contributed by atoms with E-state index in [0.29, 0.717) is 33.2 Å². The number of nitrogens with one attached hydrogen (secondary N) is 1. The maximum absolute atomic E-state index is 12.3. The molecule has 1 aliphatic heterocycles. The maximum Gasteiger partial charge on any atom is 0.264 e. The molecule has 29 heavy (non-hydrogen) atoms. The monoisotopic (exact) mass is 424 g/mol. The van der Waals surface area contributed by atoms with E-state index in [2.05, 4.69) is 10.3 Å². The molecule has 0 atom stereocenters. The zero-order chi connectivity index (χ0) is 20.2. The summed E-state index contributed by atoms with van der Waals surface area (Å²) in [5, 5.41) is 3.97. The molecule has 4 rings (SSSR count). The molecule has 0 spiro atoms. The van der Waals surface area contributed by atoms with Gasteiger partial charge in [0.25, 0.3) is 5.91 Å². The smallest absolute Gasteiger partial charge is 0.264 e. The summed E-state index contributed by atoms with van der Waals surface area (Å²) in [6, 6.07) is 18.5. The van der Waals surface area contributed by atoms with Gasteiger partial charge in [-0.25, -0.2) is 4.99 Å². The minimum absolute atomic E-state index is 0.205. The Labute approximate surface area is 177 Å². The number of nitrogens with zero attached hydrogens (tertiary/aromatic N) is 1. The van der Waals surface area contributed by atoms with Crippen LogP contribution >= 0.6 is 23.4 Å². The number of ether oxygens (including phenoxy) is 1. The summed E-state index contributed by atoms with van der Waals surface area (Å²) in [5.74, 6) is 1.88. The third-order valence-electron chi connectivity index (χ3n) is 4.06. The summed E-state index contributed by atoms with van der Waals surface area (Å²) >= 11 is 7.19. The van der Waals surface area contributed by atoms with Gasteiger partial charge in [0.2, 0.25) is 0 Å². The van der Waals surface area contributed by atoms with Crippen LogP contribution in [0.4, 0.5) is 5.69 Å². The maximum atomic E-state index is 12.3. The van der Waals surface area contributed by atoms with Crippen LogP contribution in [0.15, 0.2) is 75.0 Å². The molecule has 0 radical (unpaired) electrons. The number of aliphatic imine (C=N–C) groups is 1. The molecule has 1 aromatic heterocycles. The summed E-state index contributed by atoms with van der Waals surface area (Å²) in [7, 11) is 0. The van der Waals surface area contributed by atoms with Gasteiger partial charge < -0.3 is 14.5 Å². The first-order valence-electron chi connectivity index (χ1n) is 8.99. The van der Waals surface area contributed by atoms with E-state index in [4.69, 9.17) is 20.8 Å². The lowest BCUT2D eigenvalue weighted by molar-refractivity contribution is -0.115. The molecule has 1 amide bonds. The minimum Gasteiger partial charge on any atom is -0.494 e. The van der Waals surface area contributed by atoms with E-state index in [1.54, 1.807) is 6.08 Å². The number of carbonyl (C=O) groups is 1. The molecule has 0 unspecified atom stereocenters. The Morgan fingerprint density at radius 2 is 1.86 bits per heavy atom. The van der Waals surface area contributed by atoms with Gasteiger partial charge in [-0.2, -0.15) is 0 Å². The average molecular weight is 425 g/mol. The fraction of sp³-hybridized carbons (Fsp3) is 0.0909. The highest BCUT2D eigenvalue weighted by Crippen LogP contribution is 2.30. The van der Waals surface area contributed by atoms with Crippen molar-refractivity contribution in [3.8, 4) is 17.1 Å². The molecule has 5 nitrogen and oxygen atoms in total. The number of hydrogen-bond donors (Lipinski definition) is 1. The number of hydrogen-bond acceptors (Lipinski definition) is 5. The number of carbonyl (C=O) groups excluding carboxylic acids is 1. The summed E-state index contributed by atoms with van der Waals surface area (Å²) < 4.78 is 11.3. The fourth-order valence-corrected chi connectivity index (χ4v) is 3.66. The van der Waals surface area contributed by atoms with E-state index >= 15 is 0 Å². The summed E-state index contributed by atoms with van der Waals surface area (Å²) in [4.78, 5) is 17.3. The van der Waals surface area contributed by atoms with Crippen LogP contribution in [0.25, 0.3) is 17.4 Å². The Hall–Kier alpha value is -2.96. The Bertz CT molecular complexity index is 1090. The molecular formula is C22H17ClN2O3S. The zero-order valence-electron chi connectivity index (χ0n) is 15.5. The van der Waals surface area contributed by atoms with Crippen LogP contribution in [0.1, 0.15) is 12.7 Å². The van der Waals surface area contributed by atoms with E-state index in [9.17, 15) is 4.79 Å². The van der Waals surface area contributed by atoms with Crippen molar-refractivity contribution in [3.05, 3.63) is 76.4 Å². The number of rotatable bonds is 5. The van der Waals surface area contributed by atoms with Crippen molar-refractivity contribution in [2.75, 3.05) is 6.61 Å². The lowest BCUT2D eigenvalue weighted by Gasteiger charge is -2.02. The topological polar surface area (TPSA) is 63.8 Å². The van der Waals surface area contributed by atoms with Gasteiger partial charge in [-0.05, 0) is 79.3 Å². The van der Waals surface area contributed by atoms with Gasteiger partial charge in [0.1, 0.15) is 17.3 Å². The number of amides is 1. The molecule has 2 aromatic carbocycles. The third-order valence-corrected chi connectivity index (χ3v) is 5.22. The van der Waals surface area contributed by atoms with Crippen LogP contribution in [0.2, 0.25) is 5.02 Å². The number of amidine groups is 1. The number of halogens is 1. The first kappa shape index (κ1) is 19.4. The Balaban J connectivity index is 1.49. The molecule has 146 valence electrons. The molecule has 1 fully saturated rings. The van der Waals surface area contributed by atoms with E-state index in [-0.39, 0.29) is 5.91 Å². The second-order valence-electron chi connectivity index (χ2n) is 6.12. The largest absolute Gasteiger partial charge is 0.494 e. The van der Waals surface area contributed by atoms with Crippen LogP contribution in [0, 0.1) is 0 Å². The molecule has 1 saturated heterocycles. The van der Waals surface area contributed by atoms with Gasteiger partial charge in [0.05, 0.1) is 17.2 Å².